The van der Waals surface area contributed by atoms with E-state index in [0.29, 0.717) is 6.04 Å². The summed E-state index contributed by atoms with van der Waals surface area (Å²) in [5.74, 6) is 0.719. The normalized spacial score (nSPS) is 15.0. The summed E-state index contributed by atoms with van der Waals surface area (Å²) in [6, 6.07) is 10.6. The van der Waals surface area contributed by atoms with E-state index in [1.807, 2.05) is 18.2 Å². The van der Waals surface area contributed by atoms with Crippen LogP contribution in [0.1, 0.15) is 18.5 Å². The van der Waals surface area contributed by atoms with Crippen molar-refractivity contribution in [1.82, 2.24) is 5.32 Å². The molecule has 0 radical (unpaired) electrons. The van der Waals surface area contributed by atoms with Crippen LogP contribution in [0, 0.1) is 0 Å². The fourth-order valence-electron chi connectivity index (χ4n) is 1.28. The smallest absolute Gasteiger partial charge is 0.0357 e. The van der Waals surface area contributed by atoms with Gasteiger partial charge in [-0.2, -0.15) is 0 Å². The van der Waals surface area contributed by atoms with Gasteiger partial charge in [0.15, 0.2) is 0 Å². The molecule has 1 aromatic carbocycles. The van der Waals surface area contributed by atoms with Crippen LogP contribution >= 0.6 is 0 Å². The summed E-state index contributed by atoms with van der Waals surface area (Å²) in [4.78, 5) is 0. The van der Waals surface area contributed by atoms with E-state index in [4.69, 9.17) is 0 Å². The summed E-state index contributed by atoms with van der Waals surface area (Å²) in [6.07, 6.45) is 1.73. The number of nitrogens with one attached hydrogen (secondary N) is 1. The third kappa shape index (κ3) is 4.03. The molecule has 78 valence electrons. The monoisotopic (exact) mass is 211 g/mol. The third-order valence-electron chi connectivity index (χ3n) is 2.14. The van der Waals surface area contributed by atoms with Crippen molar-refractivity contribution in [3.05, 3.63) is 35.9 Å². The zero-order valence-corrected chi connectivity index (χ0v) is 9.51. The summed E-state index contributed by atoms with van der Waals surface area (Å²) in [5, 5.41) is 3.34. The summed E-state index contributed by atoms with van der Waals surface area (Å²) in [6.45, 7) is 2.92. The summed E-state index contributed by atoms with van der Waals surface area (Å²) in [7, 11) is -0.701. The maximum atomic E-state index is 10.8. The molecular weight excluding hydrogens is 194 g/mol. The van der Waals surface area contributed by atoms with E-state index < -0.39 is 10.8 Å². The van der Waals surface area contributed by atoms with E-state index in [1.54, 1.807) is 6.26 Å². The minimum atomic E-state index is -0.701. The minimum Gasteiger partial charge on any atom is -0.309 e. The van der Waals surface area contributed by atoms with E-state index >= 15 is 0 Å². The van der Waals surface area contributed by atoms with Gasteiger partial charge < -0.3 is 5.32 Å². The zero-order chi connectivity index (χ0) is 10.4. The quantitative estimate of drug-likeness (QED) is 0.803. The molecule has 2 atom stereocenters. The lowest BCUT2D eigenvalue weighted by Gasteiger charge is -2.13. The molecule has 0 aliphatic rings. The topological polar surface area (TPSA) is 29.1 Å². The molecule has 0 amide bonds. The molecule has 14 heavy (non-hydrogen) atoms. The first-order valence-corrected chi connectivity index (χ1v) is 6.51. The van der Waals surface area contributed by atoms with Gasteiger partial charge in [-0.25, -0.2) is 0 Å². The van der Waals surface area contributed by atoms with Crippen LogP contribution < -0.4 is 5.32 Å². The van der Waals surface area contributed by atoms with Crippen LogP contribution in [0.15, 0.2) is 30.3 Å². The van der Waals surface area contributed by atoms with E-state index in [1.165, 1.54) is 5.56 Å². The molecule has 0 fully saturated rings. The second-order valence-electron chi connectivity index (χ2n) is 3.36. The van der Waals surface area contributed by atoms with Crippen LogP contribution in [-0.4, -0.2) is 22.8 Å². The summed E-state index contributed by atoms with van der Waals surface area (Å²) in [5.41, 5.74) is 1.27. The molecule has 3 heteroatoms. The predicted octanol–water partition coefficient (Wildman–Crippen LogP) is 1.72. The molecule has 1 rings (SSSR count). The van der Waals surface area contributed by atoms with Gasteiger partial charge in [0.2, 0.25) is 0 Å². The molecule has 2 unspecified atom stereocenters. The predicted molar refractivity (Wildman–Crippen MR) is 61.8 cm³/mol. The first-order valence-electron chi connectivity index (χ1n) is 4.78. The molecular formula is C11H17NOS. The first-order chi connectivity index (χ1) is 6.70. The largest absolute Gasteiger partial charge is 0.309 e. The van der Waals surface area contributed by atoms with Gasteiger partial charge in [-0.1, -0.05) is 30.3 Å². The van der Waals surface area contributed by atoms with Crippen LogP contribution in [0.5, 0.6) is 0 Å². The Morgan fingerprint density at radius 2 is 2.00 bits per heavy atom. The lowest BCUT2D eigenvalue weighted by molar-refractivity contribution is 0.597. The Bertz CT molecular complexity index is 287. The Morgan fingerprint density at radius 1 is 1.36 bits per heavy atom. The summed E-state index contributed by atoms with van der Waals surface area (Å²) < 4.78 is 10.8. The van der Waals surface area contributed by atoms with Crippen molar-refractivity contribution in [2.45, 2.75) is 13.0 Å². The Labute approximate surface area is 88.2 Å². The van der Waals surface area contributed by atoms with E-state index in [9.17, 15) is 4.21 Å². The standard InChI is InChI=1S/C11H17NOS/c1-10(12-8-9-14(2)13)11-6-4-3-5-7-11/h3-7,10,12H,8-9H2,1-2H3. The van der Waals surface area contributed by atoms with Gasteiger partial charge >= 0.3 is 0 Å². The van der Waals surface area contributed by atoms with E-state index in [0.717, 1.165) is 12.3 Å². The fourth-order valence-corrected chi connectivity index (χ4v) is 1.68. The molecule has 0 heterocycles. The molecule has 0 saturated carbocycles. The van der Waals surface area contributed by atoms with Crippen molar-refractivity contribution in [3.8, 4) is 0 Å². The second-order valence-corrected chi connectivity index (χ2v) is 4.92. The van der Waals surface area contributed by atoms with Gasteiger partial charge in [-0.3, -0.25) is 4.21 Å². The maximum Gasteiger partial charge on any atom is 0.0357 e. The highest BCUT2D eigenvalue weighted by Gasteiger charge is 2.02. The van der Waals surface area contributed by atoms with Gasteiger partial charge in [0, 0.05) is 35.4 Å². The van der Waals surface area contributed by atoms with Gasteiger partial charge in [-0.05, 0) is 12.5 Å². The molecule has 0 saturated heterocycles. The molecule has 0 bridgehead atoms. The Morgan fingerprint density at radius 3 is 2.57 bits per heavy atom. The van der Waals surface area contributed by atoms with Crippen LogP contribution in [0.25, 0.3) is 0 Å². The molecule has 0 aromatic heterocycles. The SMILES string of the molecule is CC(NCCS(C)=O)c1ccccc1. The third-order valence-corrected chi connectivity index (χ3v) is 2.92. The van der Waals surface area contributed by atoms with Gasteiger partial charge in [0.25, 0.3) is 0 Å². The molecule has 0 aliphatic heterocycles. The minimum absolute atomic E-state index is 0.333. The Kier molecular flexibility index (Phi) is 4.84. The van der Waals surface area contributed by atoms with Crippen molar-refractivity contribution < 1.29 is 4.21 Å². The lowest BCUT2D eigenvalue weighted by Crippen LogP contribution is -2.23. The van der Waals surface area contributed by atoms with E-state index in [2.05, 4.69) is 24.4 Å². The number of benzene rings is 1. The number of hydrogen-bond acceptors (Lipinski definition) is 2. The first kappa shape index (κ1) is 11.4. The highest BCUT2D eigenvalue weighted by atomic mass is 32.2. The maximum absolute atomic E-state index is 10.8. The molecule has 0 aliphatic carbocycles. The highest BCUT2D eigenvalue weighted by Crippen LogP contribution is 2.10. The van der Waals surface area contributed by atoms with Gasteiger partial charge in [0.1, 0.15) is 0 Å². The van der Waals surface area contributed by atoms with Crippen LogP contribution in [0.3, 0.4) is 0 Å². The number of hydrogen-bond donors (Lipinski definition) is 1. The van der Waals surface area contributed by atoms with Crippen molar-refractivity contribution in [2.75, 3.05) is 18.6 Å². The van der Waals surface area contributed by atoms with E-state index in [-0.39, 0.29) is 0 Å². The lowest BCUT2D eigenvalue weighted by atomic mass is 10.1. The van der Waals surface area contributed by atoms with Gasteiger partial charge in [-0.15, -0.1) is 0 Å². The van der Waals surface area contributed by atoms with Crippen molar-refractivity contribution in [2.24, 2.45) is 0 Å². The van der Waals surface area contributed by atoms with Crippen LogP contribution in [0.2, 0.25) is 0 Å². The second kappa shape index (κ2) is 5.94. The molecule has 1 aromatic rings. The Balaban J connectivity index is 2.36. The molecule has 1 N–H and O–H groups in total. The van der Waals surface area contributed by atoms with Gasteiger partial charge in [0.05, 0.1) is 0 Å². The van der Waals surface area contributed by atoms with Crippen molar-refractivity contribution in [3.63, 3.8) is 0 Å². The Hall–Kier alpha value is -0.670. The van der Waals surface area contributed by atoms with Crippen LogP contribution in [0.4, 0.5) is 0 Å². The average molecular weight is 211 g/mol. The average Bonchev–Trinajstić information content (AvgIpc) is 2.18. The molecule has 0 spiro atoms. The summed E-state index contributed by atoms with van der Waals surface area (Å²) >= 11 is 0. The zero-order valence-electron chi connectivity index (χ0n) is 8.69. The number of rotatable bonds is 5. The molecule has 2 nitrogen and oxygen atoms in total. The van der Waals surface area contributed by atoms with Crippen molar-refractivity contribution >= 4 is 10.8 Å². The fraction of sp³-hybridized carbons (Fsp3) is 0.455. The van der Waals surface area contributed by atoms with Crippen LogP contribution in [-0.2, 0) is 10.8 Å². The highest BCUT2D eigenvalue weighted by molar-refractivity contribution is 7.84. The van der Waals surface area contributed by atoms with Crippen molar-refractivity contribution in [1.29, 1.82) is 0 Å².